The van der Waals surface area contributed by atoms with Crippen molar-refractivity contribution in [3.63, 3.8) is 0 Å². The molecule has 1 N–H and O–H groups in total. The van der Waals surface area contributed by atoms with Crippen LogP contribution in [0.5, 0.6) is 0 Å². The molecule has 0 fully saturated rings. The zero-order valence-corrected chi connectivity index (χ0v) is 12.1. The van der Waals surface area contributed by atoms with Gasteiger partial charge in [0.1, 0.15) is 0 Å². The van der Waals surface area contributed by atoms with Gasteiger partial charge in [-0.25, -0.2) is 0 Å². The predicted molar refractivity (Wildman–Crippen MR) is 83.3 cm³/mol. The molecule has 0 amide bonds. The van der Waals surface area contributed by atoms with Gasteiger partial charge in [0.15, 0.2) is 0 Å². The number of hydrogen-bond acceptors (Lipinski definition) is 2. The van der Waals surface area contributed by atoms with Gasteiger partial charge < -0.3 is 5.32 Å². The summed E-state index contributed by atoms with van der Waals surface area (Å²) in [5, 5.41) is 12.5. The first-order valence-electron chi connectivity index (χ1n) is 7.12. The van der Waals surface area contributed by atoms with Crippen LogP contribution in [0, 0.1) is 11.3 Å². The van der Waals surface area contributed by atoms with E-state index in [0.717, 1.165) is 24.1 Å². The first-order chi connectivity index (χ1) is 9.78. The maximum absolute atomic E-state index is 9.00. The van der Waals surface area contributed by atoms with E-state index in [9.17, 15) is 0 Å². The van der Waals surface area contributed by atoms with Crippen LogP contribution in [0.15, 0.2) is 48.5 Å². The van der Waals surface area contributed by atoms with Crippen molar-refractivity contribution in [3.8, 4) is 17.2 Å². The van der Waals surface area contributed by atoms with Gasteiger partial charge in [-0.3, -0.25) is 0 Å². The molecular formula is C18H20N2. The highest BCUT2D eigenvalue weighted by atomic mass is 14.9. The van der Waals surface area contributed by atoms with Crippen LogP contribution in [0.25, 0.3) is 11.1 Å². The van der Waals surface area contributed by atoms with Crippen LogP contribution >= 0.6 is 0 Å². The summed E-state index contributed by atoms with van der Waals surface area (Å²) >= 11 is 0. The van der Waals surface area contributed by atoms with Gasteiger partial charge in [0.05, 0.1) is 11.6 Å². The molecule has 0 saturated heterocycles. The van der Waals surface area contributed by atoms with Crippen molar-refractivity contribution in [3.05, 3.63) is 59.7 Å². The minimum Gasteiger partial charge on any atom is -0.310 e. The molecule has 0 saturated carbocycles. The Morgan fingerprint density at radius 1 is 1.05 bits per heavy atom. The van der Waals surface area contributed by atoms with Crippen LogP contribution in [-0.4, -0.2) is 6.54 Å². The molecule has 0 heterocycles. The molecule has 2 aromatic carbocycles. The number of benzene rings is 2. The van der Waals surface area contributed by atoms with E-state index in [1.807, 2.05) is 24.3 Å². The van der Waals surface area contributed by atoms with Gasteiger partial charge in [0.25, 0.3) is 0 Å². The lowest BCUT2D eigenvalue weighted by atomic mass is 9.97. The lowest BCUT2D eigenvalue weighted by Crippen LogP contribution is -2.19. The fourth-order valence-corrected chi connectivity index (χ4v) is 2.45. The normalized spacial score (nSPS) is 11.8. The summed E-state index contributed by atoms with van der Waals surface area (Å²) in [4.78, 5) is 0. The van der Waals surface area contributed by atoms with Crippen molar-refractivity contribution in [2.75, 3.05) is 6.54 Å². The van der Waals surface area contributed by atoms with Crippen molar-refractivity contribution in [2.24, 2.45) is 0 Å². The Balaban J connectivity index is 2.36. The largest absolute Gasteiger partial charge is 0.310 e. The van der Waals surface area contributed by atoms with Crippen molar-refractivity contribution in [1.29, 1.82) is 5.26 Å². The van der Waals surface area contributed by atoms with E-state index in [1.54, 1.807) is 0 Å². The average Bonchev–Trinajstić information content (AvgIpc) is 2.52. The summed E-state index contributed by atoms with van der Waals surface area (Å²) in [6, 6.07) is 18.9. The molecule has 20 heavy (non-hydrogen) atoms. The van der Waals surface area contributed by atoms with Gasteiger partial charge >= 0.3 is 0 Å². The van der Waals surface area contributed by atoms with Crippen molar-refractivity contribution < 1.29 is 0 Å². The predicted octanol–water partition coefficient (Wildman–Crippen LogP) is 4.29. The molecular weight excluding hydrogens is 244 g/mol. The minimum absolute atomic E-state index is 0.388. The second-order valence-corrected chi connectivity index (χ2v) is 4.84. The highest BCUT2D eigenvalue weighted by molar-refractivity contribution is 5.66. The molecule has 102 valence electrons. The van der Waals surface area contributed by atoms with Gasteiger partial charge in [-0.15, -0.1) is 0 Å². The summed E-state index contributed by atoms with van der Waals surface area (Å²) in [5.41, 5.74) is 4.26. The van der Waals surface area contributed by atoms with E-state index in [4.69, 9.17) is 5.26 Å². The topological polar surface area (TPSA) is 35.8 Å². The fraction of sp³-hybridized carbons (Fsp3) is 0.278. The molecule has 2 nitrogen and oxygen atoms in total. The third-order valence-corrected chi connectivity index (χ3v) is 3.47. The van der Waals surface area contributed by atoms with E-state index >= 15 is 0 Å². The quantitative estimate of drug-likeness (QED) is 0.874. The Morgan fingerprint density at radius 2 is 1.75 bits per heavy atom. The minimum atomic E-state index is 0.388. The maximum atomic E-state index is 9.00. The summed E-state index contributed by atoms with van der Waals surface area (Å²) in [6.45, 7) is 5.28. The highest BCUT2D eigenvalue weighted by Gasteiger charge is 2.08. The monoisotopic (exact) mass is 264 g/mol. The molecule has 2 aromatic rings. The van der Waals surface area contributed by atoms with Crippen molar-refractivity contribution >= 4 is 0 Å². The Hall–Kier alpha value is -2.11. The average molecular weight is 264 g/mol. The van der Waals surface area contributed by atoms with Gasteiger partial charge in [-0.05, 0) is 47.9 Å². The maximum Gasteiger partial charge on any atom is 0.0991 e. The third-order valence-electron chi connectivity index (χ3n) is 3.47. The number of nitrogens with one attached hydrogen (secondary N) is 1. The third kappa shape index (κ3) is 3.26. The van der Waals surface area contributed by atoms with Crippen molar-refractivity contribution in [2.45, 2.75) is 26.3 Å². The van der Waals surface area contributed by atoms with E-state index in [2.05, 4.69) is 49.5 Å². The number of hydrogen-bond donors (Lipinski definition) is 1. The van der Waals surface area contributed by atoms with E-state index in [0.29, 0.717) is 11.6 Å². The van der Waals surface area contributed by atoms with Crippen LogP contribution in [0.1, 0.15) is 37.4 Å². The molecule has 0 spiro atoms. The first-order valence-corrected chi connectivity index (χ1v) is 7.12. The summed E-state index contributed by atoms with van der Waals surface area (Å²) in [5.74, 6) is 0. The van der Waals surface area contributed by atoms with Crippen LogP contribution in [0.2, 0.25) is 0 Å². The zero-order chi connectivity index (χ0) is 14.4. The first kappa shape index (κ1) is 14.3. The van der Waals surface area contributed by atoms with Gasteiger partial charge in [0, 0.05) is 6.04 Å². The Kier molecular flexibility index (Phi) is 4.92. The fourth-order valence-electron chi connectivity index (χ4n) is 2.45. The zero-order valence-electron chi connectivity index (χ0n) is 12.1. The molecule has 0 aromatic heterocycles. The van der Waals surface area contributed by atoms with Crippen molar-refractivity contribution in [1.82, 2.24) is 5.32 Å². The summed E-state index contributed by atoms with van der Waals surface area (Å²) in [6.07, 6.45) is 1.07. The lowest BCUT2D eigenvalue weighted by Gasteiger charge is -2.17. The van der Waals surface area contributed by atoms with Crippen LogP contribution in [0.4, 0.5) is 0 Å². The van der Waals surface area contributed by atoms with Crippen LogP contribution in [-0.2, 0) is 0 Å². The van der Waals surface area contributed by atoms with Crippen LogP contribution < -0.4 is 5.32 Å². The molecule has 0 radical (unpaired) electrons. The smallest absolute Gasteiger partial charge is 0.0991 e. The molecule has 2 heteroatoms. The van der Waals surface area contributed by atoms with E-state index in [1.165, 1.54) is 5.56 Å². The molecule has 2 rings (SSSR count). The van der Waals surface area contributed by atoms with E-state index < -0.39 is 0 Å². The Morgan fingerprint density at radius 3 is 2.40 bits per heavy atom. The molecule has 0 aliphatic heterocycles. The second kappa shape index (κ2) is 6.88. The highest BCUT2D eigenvalue weighted by Crippen LogP contribution is 2.25. The Bertz CT molecular complexity index is 611. The number of nitrogens with zero attached hydrogens (tertiary/aromatic N) is 1. The molecule has 0 aliphatic rings. The summed E-state index contributed by atoms with van der Waals surface area (Å²) < 4.78 is 0. The SMILES string of the molecule is CCNC(CC)c1cccc(-c2cccc(C#N)c2)c1. The second-order valence-electron chi connectivity index (χ2n) is 4.84. The van der Waals surface area contributed by atoms with Crippen LogP contribution in [0.3, 0.4) is 0 Å². The molecule has 1 unspecified atom stereocenters. The van der Waals surface area contributed by atoms with Gasteiger partial charge in [-0.2, -0.15) is 5.26 Å². The Labute approximate surface area is 121 Å². The summed E-state index contributed by atoms with van der Waals surface area (Å²) in [7, 11) is 0. The molecule has 1 atom stereocenters. The van der Waals surface area contributed by atoms with Gasteiger partial charge in [0.2, 0.25) is 0 Å². The molecule has 0 aliphatic carbocycles. The van der Waals surface area contributed by atoms with Gasteiger partial charge in [-0.1, -0.05) is 44.2 Å². The lowest BCUT2D eigenvalue weighted by molar-refractivity contribution is 0.537. The standard InChI is InChI=1S/C18H20N2/c1-3-18(20-4-2)17-10-6-9-16(12-17)15-8-5-7-14(11-15)13-19/h5-12,18,20H,3-4H2,1-2H3. The van der Waals surface area contributed by atoms with E-state index in [-0.39, 0.29) is 0 Å². The number of rotatable bonds is 5. The molecule has 0 bridgehead atoms. The number of nitriles is 1.